The van der Waals surface area contributed by atoms with Crippen molar-refractivity contribution in [1.29, 1.82) is 0 Å². The van der Waals surface area contributed by atoms with Gasteiger partial charge in [-0.15, -0.1) is 0 Å². The van der Waals surface area contributed by atoms with Crippen LogP contribution in [0.25, 0.3) is 0 Å². The summed E-state index contributed by atoms with van der Waals surface area (Å²) in [5.74, 6) is 0.856. The van der Waals surface area contributed by atoms with Crippen molar-refractivity contribution in [3.05, 3.63) is 65.7 Å². The van der Waals surface area contributed by atoms with Crippen molar-refractivity contribution in [2.24, 2.45) is 4.99 Å². The number of benzene rings is 2. The third-order valence-corrected chi connectivity index (χ3v) is 2.89. The summed E-state index contributed by atoms with van der Waals surface area (Å²) in [7, 11) is 0. The van der Waals surface area contributed by atoms with Crippen molar-refractivity contribution in [2.75, 3.05) is 13.2 Å². The van der Waals surface area contributed by atoms with Gasteiger partial charge in [0, 0.05) is 6.21 Å². The van der Waals surface area contributed by atoms with Crippen LogP contribution in [-0.2, 0) is 0 Å². The number of nitrogens with zero attached hydrogens (tertiary/aromatic N) is 1. The molecule has 2 aromatic carbocycles. The zero-order chi connectivity index (χ0) is 14.2. The maximum atomic E-state index is 9.98. The van der Waals surface area contributed by atoms with Gasteiger partial charge < -0.3 is 9.84 Å². The van der Waals surface area contributed by atoms with E-state index in [1.54, 1.807) is 6.21 Å². The quantitative estimate of drug-likeness (QED) is 0.818. The number of hydrogen-bond acceptors (Lipinski definition) is 3. The number of rotatable bonds is 6. The topological polar surface area (TPSA) is 41.8 Å². The standard InChI is InChI=1S/C17H19NO2/c1-2-20-16-10-8-14(9-11-16)12-18-13-17(19)15-6-4-3-5-7-15/h3-12,17,19H,2,13H2,1H3/t17-/m0/s1. The van der Waals surface area contributed by atoms with Crippen LogP contribution in [0, 0.1) is 0 Å². The second kappa shape index (κ2) is 7.46. The molecule has 0 unspecified atom stereocenters. The van der Waals surface area contributed by atoms with Gasteiger partial charge in [-0.3, -0.25) is 4.99 Å². The molecule has 0 radical (unpaired) electrons. The van der Waals surface area contributed by atoms with E-state index in [-0.39, 0.29) is 0 Å². The second-order valence-corrected chi connectivity index (χ2v) is 4.42. The minimum Gasteiger partial charge on any atom is -0.494 e. The van der Waals surface area contributed by atoms with Crippen molar-refractivity contribution in [3.63, 3.8) is 0 Å². The molecule has 1 atom stereocenters. The Morgan fingerprint density at radius 2 is 1.80 bits per heavy atom. The Morgan fingerprint density at radius 3 is 2.45 bits per heavy atom. The molecular formula is C17H19NO2. The summed E-state index contributed by atoms with van der Waals surface area (Å²) >= 11 is 0. The number of ether oxygens (including phenoxy) is 1. The molecule has 0 aliphatic carbocycles. The Kier molecular flexibility index (Phi) is 5.33. The van der Waals surface area contributed by atoms with Crippen LogP contribution >= 0.6 is 0 Å². The monoisotopic (exact) mass is 269 g/mol. The molecule has 2 rings (SSSR count). The van der Waals surface area contributed by atoms with Crippen molar-refractivity contribution in [1.82, 2.24) is 0 Å². The van der Waals surface area contributed by atoms with Crippen LogP contribution in [0.4, 0.5) is 0 Å². The number of aliphatic hydroxyl groups is 1. The van der Waals surface area contributed by atoms with E-state index in [1.807, 2.05) is 61.5 Å². The minimum atomic E-state index is -0.560. The highest BCUT2D eigenvalue weighted by Crippen LogP contribution is 2.13. The fourth-order valence-electron chi connectivity index (χ4n) is 1.86. The van der Waals surface area contributed by atoms with Crippen molar-refractivity contribution < 1.29 is 9.84 Å². The molecule has 0 bridgehead atoms. The molecule has 20 heavy (non-hydrogen) atoms. The van der Waals surface area contributed by atoms with Gasteiger partial charge in [-0.2, -0.15) is 0 Å². The van der Waals surface area contributed by atoms with Gasteiger partial charge in [0.1, 0.15) is 5.75 Å². The molecule has 2 aromatic rings. The van der Waals surface area contributed by atoms with Gasteiger partial charge >= 0.3 is 0 Å². The third kappa shape index (κ3) is 4.21. The van der Waals surface area contributed by atoms with Gasteiger partial charge in [0.05, 0.1) is 19.3 Å². The van der Waals surface area contributed by atoms with E-state index in [0.717, 1.165) is 16.9 Å². The molecule has 0 saturated heterocycles. The average Bonchev–Trinajstić information content (AvgIpc) is 2.50. The normalized spacial score (nSPS) is 12.5. The zero-order valence-electron chi connectivity index (χ0n) is 11.6. The molecule has 0 spiro atoms. The molecule has 0 aliphatic rings. The summed E-state index contributed by atoms with van der Waals surface area (Å²) in [5, 5.41) is 9.98. The van der Waals surface area contributed by atoms with Crippen LogP contribution in [-0.4, -0.2) is 24.5 Å². The third-order valence-electron chi connectivity index (χ3n) is 2.89. The van der Waals surface area contributed by atoms with Crippen LogP contribution in [0.3, 0.4) is 0 Å². The highest BCUT2D eigenvalue weighted by molar-refractivity contribution is 5.79. The SMILES string of the molecule is CCOc1ccc(C=NC[C@H](O)c2ccccc2)cc1. The predicted molar refractivity (Wildman–Crippen MR) is 81.5 cm³/mol. The Morgan fingerprint density at radius 1 is 1.10 bits per heavy atom. The summed E-state index contributed by atoms with van der Waals surface area (Å²) in [6.07, 6.45) is 1.21. The Labute approximate surface area is 119 Å². The van der Waals surface area contributed by atoms with E-state index in [0.29, 0.717) is 13.2 Å². The molecule has 0 saturated carbocycles. The largest absolute Gasteiger partial charge is 0.494 e. The van der Waals surface area contributed by atoms with Gasteiger partial charge in [0.15, 0.2) is 0 Å². The first-order valence-corrected chi connectivity index (χ1v) is 6.75. The molecule has 3 heteroatoms. The summed E-state index contributed by atoms with van der Waals surface area (Å²) in [6.45, 7) is 2.98. The minimum absolute atomic E-state index is 0.358. The maximum Gasteiger partial charge on any atom is 0.119 e. The Hall–Kier alpha value is -2.13. The summed E-state index contributed by atoms with van der Waals surface area (Å²) in [5.41, 5.74) is 1.88. The van der Waals surface area contributed by atoms with Gasteiger partial charge in [-0.05, 0) is 42.3 Å². The molecule has 104 valence electrons. The molecular weight excluding hydrogens is 250 g/mol. The average molecular weight is 269 g/mol. The first kappa shape index (κ1) is 14.3. The van der Waals surface area contributed by atoms with E-state index in [4.69, 9.17) is 4.74 Å². The molecule has 0 amide bonds. The van der Waals surface area contributed by atoms with Crippen LogP contribution in [0.5, 0.6) is 5.75 Å². The van der Waals surface area contributed by atoms with Crippen molar-refractivity contribution >= 4 is 6.21 Å². The zero-order valence-corrected chi connectivity index (χ0v) is 11.6. The van der Waals surface area contributed by atoms with E-state index in [2.05, 4.69) is 4.99 Å². The van der Waals surface area contributed by atoms with Gasteiger partial charge in [-0.1, -0.05) is 30.3 Å². The smallest absolute Gasteiger partial charge is 0.119 e. The summed E-state index contributed by atoms with van der Waals surface area (Å²) < 4.78 is 5.38. The van der Waals surface area contributed by atoms with Crippen LogP contribution in [0.15, 0.2) is 59.6 Å². The Balaban J connectivity index is 1.90. The molecule has 0 aliphatic heterocycles. The number of aliphatic hydroxyl groups excluding tert-OH is 1. The fraction of sp³-hybridized carbons (Fsp3) is 0.235. The van der Waals surface area contributed by atoms with Gasteiger partial charge in [0.2, 0.25) is 0 Å². The predicted octanol–water partition coefficient (Wildman–Crippen LogP) is 3.24. The van der Waals surface area contributed by atoms with E-state index < -0.39 is 6.10 Å². The lowest BCUT2D eigenvalue weighted by atomic mass is 10.1. The molecule has 0 aromatic heterocycles. The maximum absolute atomic E-state index is 9.98. The van der Waals surface area contributed by atoms with Crippen LogP contribution < -0.4 is 4.74 Å². The number of aliphatic imine (C=N–C) groups is 1. The van der Waals surface area contributed by atoms with Gasteiger partial charge in [-0.25, -0.2) is 0 Å². The highest BCUT2D eigenvalue weighted by Gasteiger charge is 2.04. The lowest BCUT2D eigenvalue weighted by molar-refractivity contribution is 0.187. The first-order valence-electron chi connectivity index (χ1n) is 6.75. The van der Waals surface area contributed by atoms with E-state index in [1.165, 1.54) is 0 Å². The van der Waals surface area contributed by atoms with Crippen molar-refractivity contribution in [2.45, 2.75) is 13.0 Å². The molecule has 3 nitrogen and oxygen atoms in total. The van der Waals surface area contributed by atoms with E-state index >= 15 is 0 Å². The molecule has 1 N–H and O–H groups in total. The molecule has 0 heterocycles. The van der Waals surface area contributed by atoms with Gasteiger partial charge in [0.25, 0.3) is 0 Å². The van der Waals surface area contributed by atoms with E-state index in [9.17, 15) is 5.11 Å². The lowest BCUT2D eigenvalue weighted by Gasteiger charge is -2.07. The van der Waals surface area contributed by atoms with Crippen molar-refractivity contribution in [3.8, 4) is 5.75 Å². The summed E-state index contributed by atoms with van der Waals surface area (Å²) in [4.78, 5) is 4.28. The Bertz CT molecular complexity index is 535. The fourth-order valence-corrected chi connectivity index (χ4v) is 1.86. The lowest BCUT2D eigenvalue weighted by Crippen LogP contribution is -2.01. The number of hydrogen-bond donors (Lipinski definition) is 1. The van der Waals surface area contributed by atoms with Crippen LogP contribution in [0.1, 0.15) is 24.2 Å². The molecule has 0 fully saturated rings. The summed E-state index contributed by atoms with van der Waals surface area (Å²) in [6, 6.07) is 17.3. The second-order valence-electron chi connectivity index (χ2n) is 4.42. The highest BCUT2D eigenvalue weighted by atomic mass is 16.5. The van der Waals surface area contributed by atoms with Crippen LogP contribution in [0.2, 0.25) is 0 Å². The first-order chi connectivity index (χ1) is 9.79.